The van der Waals surface area contributed by atoms with Crippen molar-refractivity contribution in [3.63, 3.8) is 0 Å². The molecule has 1 fully saturated rings. The summed E-state index contributed by atoms with van der Waals surface area (Å²) in [5.74, 6) is 1.53. The summed E-state index contributed by atoms with van der Waals surface area (Å²) in [6.45, 7) is 5.88. The van der Waals surface area contributed by atoms with Gasteiger partial charge in [-0.2, -0.15) is 0 Å². The molecule has 2 aliphatic rings. The second kappa shape index (κ2) is 7.70. The summed E-state index contributed by atoms with van der Waals surface area (Å²) in [6, 6.07) is 5.48. The number of rotatable bonds is 5. The van der Waals surface area contributed by atoms with Gasteiger partial charge in [0.15, 0.2) is 0 Å². The average molecular weight is 372 g/mol. The predicted molar refractivity (Wildman–Crippen MR) is 96.9 cm³/mol. The average Bonchev–Trinajstić information content (AvgIpc) is 3.27. The number of aryl methyl sites for hydroxylation is 2. The lowest BCUT2D eigenvalue weighted by Crippen LogP contribution is -2.50. The predicted octanol–water partition coefficient (Wildman–Crippen LogP) is 2.33. The van der Waals surface area contributed by atoms with E-state index in [4.69, 9.17) is 18.7 Å². The van der Waals surface area contributed by atoms with Crippen molar-refractivity contribution in [1.82, 2.24) is 10.5 Å². The normalized spacial score (nSPS) is 21.6. The first-order valence-electron chi connectivity index (χ1n) is 9.29. The van der Waals surface area contributed by atoms with Crippen LogP contribution in [0.3, 0.4) is 0 Å². The number of hydrogen-bond donors (Lipinski definition) is 1. The van der Waals surface area contributed by atoms with E-state index in [2.05, 4.69) is 10.5 Å². The number of carbonyl (C=O) groups is 1. The third-order valence-corrected chi connectivity index (χ3v) is 5.20. The largest absolute Gasteiger partial charge is 0.493 e. The highest BCUT2D eigenvalue weighted by Gasteiger charge is 2.29. The third kappa shape index (κ3) is 3.84. The zero-order valence-electron chi connectivity index (χ0n) is 15.6. The second-order valence-electron chi connectivity index (χ2n) is 7.02. The maximum atomic E-state index is 12.7. The summed E-state index contributed by atoms with van der Waals surface area (Å²) in [6.07, 6.45) is 1.34. The van der Waals surface area contributed by atoms with E-state index in [1.807, 2.05) is 26.0 Å². The summed E-state index contributed by atoms with van der Waals surface area (Å²) in [4.78, 5) is 12.7. The van der Waals surface area contributed by atoms with Crippen LogP contribution in [-0.4, -0.2) is 43.0 Å². The Hall–Kier alpha value is -2.38. The van der Waals surface area contributed by atoms with Crippen molar-refractivity contribution in [2.75, 3.05) is 19.8 Å². The molecule has 1 N–H and O–H groups in total. The van der Waals surface area contributed by atoms with Crippen molar-refractivity contribution in [3.8, 4) is 5.75 Å². The van der Waals surface area contributed by atoms with Crippen LogP contribution in [0.4, 0.5) is 0 Å². The topological polar surface area (TPSA) is 82.8 Å². The summed E-state index contributed by atoms with van der Waals surface area (Å²) >= 11 is 0. The Morgan fingerprint density at radius 1 is 1.33 bits per heavy atom. The first kappa shape index (κ1) is 18.0. The van der Waals surface area contributed by atoms with Gasteiger partial charge in [-0.15, -0.1) is 0 Å². The highest BCUT2D eigenvalue weighted by Crippen LogP contribution is 2.26. The van der Waals surface area contributed by atoms with Crippen molar-refractivity contribution >= 4 is 5.91 Å². The highest BCUT2D eigenvalue weighted by atomic mass is 16.5. The Kier molecular flexibility index (Phi) is 5.13. The first-order valence-corrected chi connectivity index (χ1v) is 9.29. The van der Waals surface area contributed by atoms with Gasteiger partial charge in [-0.1, -0.05) is 5.16 Å². The molecule has 0 radical (unpaired) electrons. The fourth-order valence-electron chi connectivity index (χ4n) is 3.52. The van der Waals surface area contributed by atoms with Gasteiger partial charge in [-0.25, -0.2) is 0 Å². The minimum absolute atomic E-state index is 0.0949. The maximum Gasteiger partial charge on any atom is 0.251 e. The number of amides is 1. The van der Waals surface area contributed by atoms with Crippen LogP contribution >= 0.6 is 0 Å². The summed E-state index contributed by atoms with van der Waals surface area (Å²) in [5, 5.41) is 7.06. The Morgan fingerprint density at radius 3 is 3.04 bits per heavy atom. The van der Waals surface area contributed by atoms with Crippen LogP contribution in [0.2, 0.25) is 0 Å². The van der Waals surface area contributed by atoms with Crippen molar-refractivity contribution in [1.29, 1.82) is 0 Å². The standard InChI is InChI=1S/C20H24N2O5/c1-12-16(13(2)27-22-12)10-26-19-11-24-7-6-17(19)21-20(23)15-3-4-18-14(9-15)5-8-25-18/h3-4,9,17,19H,5-8,10-11H2,1-2H3,(H,21,23)/t17-,19-/m1/s1. The number of ether oxygens (including phenoxy) is 3. The van der Waals surface area contributed by atoms with Gasteiger partial charge in [-0.05, 0) is 44.0 Å². The van der Waals surface area contributed by atoms with E-state index >= 15 is 0 Å². The molecule has 144 valence electrons. The van der Waals surface area contributed by atoms with Crippen molar-refractivity contribution in [2.45, 2.75) is 45.4 Å². The third-order valence-electron chi connectivity index (χ3n) is 5.20. The molecule has 27 heavy (non-hydrogen) atoms. The van der Waals surface area contributed by atoms with Crippen LogP contribution in [0.5, 0.6) is 5.75 Å². The molecule has 0 saturated carbocycles. The molecular weight excluding hydrogens is 348 g/mol. The summed E-state index contributed by atoms with van der Waals surface area (Å²) in [7, 11) is 0. The lowest BCUT2D eigenvalue weighted by atomic mass is 10.0. The lowest BCUT2D eigenvalue weighted by Gasteiger charge is -2.32. The zero-order chi connectivity index (χ0) is 18.8. The Balaban J connectivity index is 1.40. The Labute approximate surface area is 158 Å². The van der Waals surface area contributed by atoms with Gasteiger partial charge in [0.25, 0.3) is 5.91 Å². The molecule has 4 rings (SSSR count). The first-order chi connectivity index (χ1) is 13.1. The van der Waals surface area contributed by atoms with Gasteiger partial charge in [0.2, 0.25) is 0 Å². The molecule has 1 aromatic heterocycles. The zero-order valence-corrected chi connectivity index (χ0v) is 15.6. The molecule has 2 atom stereocenters. The number of aromatic nitrogens is 1. The van der Waals surface area contributed by atoms with Gasteiger partial charge in [0.1, 0.15) is 17.6 Å². The SMILES string of the molecule is Cc1noc(C)c1CO[C@@H]1COCC[C@H]1NC(=O)c1ccc2c(c1)CCO2. The monoisotopic (exact) mass is 372 g/mol. The van der Waals surface area contributed by atoms with Crippen LogP contribution in [0.15, 0.2) is 22.7 Å². The smallest absolute Gasteiger partial charge is 0.251 e. The van der Waals surface area contributed by atoms with E-state index in [1.54, 1.807) is 6.07 Å². The van der Waals surface area contributed by atoms with E-state index in [9.17, 15) is 4.79 Å². The van der Waals surface area contributed by atoms with Crippen molar-refractivity contribution in [2.24, 2.45) is 0 Å². The number of fused-ring (bicyclic) bond motifs is 1. The van der Waals surface area contributed by atoms with E-state index in [0.717, 1.165) is 34.8 Å². The fraction of sp³-hybridized carbons (Fsp3) is 0.500. The van der Waals surface area contributed by atoms with Crippen molar-refractivity contribution < 1.29 is 23.5 Å². The maximum absolute atomic E-state index is 12.7. The molecular formula is C20H24N2O5. The van der Waals surface area contributed by atoms with E-state index in [-0.39, 0.29) is 18.1 Å². The van der Waals surface area contributed by atoms with Gasteiger partial charge >= 0.3 is 0 Å². The number of hydrogen-bond acceptors (Lipinski definition) is 6. The molecule has 0 aliphatic carbocycles. The molecule has 1 aromatic carbocycles. The van der Waals surface area contributed by atoms with Crippen LogP contribution < -0.4 is 10.1 Å². The summed E-state index contributed by atoms with van der Waals surface area (Å²) in [5.41, 5.74) is 3.51. The van der Waals surface area contributed by atoms with Gasteiger partial charge in [0, 0.05) is 24.2 Å². The molecule has 1 amide bonds. The number of nitrogens with one attached hydrogen (secondary N) is 1. The van der Waals surface area contributed by atoms with Crippen LogP contribution in [-0.2, 0) is 22.5 Å². The Bertz CT molecular complexity index is 812. The number of carbonyl (C=O) groups excluding carboxylic acids is 1. The summed E-state index contributed by atoms with van der Waals surface area (Å²) < 4.78 is 22.3. The fourth-order valence-corrected chi connectivity index (χ4v) is 3.52. The molecule has 0 unspecified atom stereocenters. The molecule has 0 bridgehead atoms. The minimum atomic E-state index is -0.214. The molecule has 0 spiro atoms. The second-order valence-corrected chi connectivity index (χ2v) is 7.02. The van der Waals surface area contributed by atoms with Crippen LogP contribution in [0.1, 0.15) is 39.4 Å². The number of nitrogens with zero attached hydrogens (tertiary/aromatic N) is 1. The Morgan fingerprint density at radius 2 is 2.22 bits per heavy atom. The lowest BCUT2D eigenvalue weighted by molar-refractivity contribution is -0.0739. The van der Waals surface area contributed by atoms with Gasteiger partial charge < -0.3 is 24.1 Å². The van der Waals surface area contributed by atoms with Gasteiger partial charge in [-0.3, -0.25) is 4.79 Å². The van der Waals surface area contributed by atoms with E-state index < -0.39 is 0 Å². The van der Waals surface area contributed by atoms with Crippen molar-refractivity contribution in [3.05, 3.63) is 46.3 Å². The minimum Gasteiger partial charge on any atom is -0.493 e. The number of benzene rings is 1. The molecule has 2 aliphatic heterocycles. The molecule has 2 aromatic rings. The van der Waals surface area contributed by atoms with Gasteiger partial charge in [0.05, 0.1) is 31.6 Å². The molecule has 7 nitrogen and oxygen atoms in total. The molecule has 7 heteroatoms. The molecule has 1 saturated heterocycles. The highest BCUT2D eigenvalue weighted by molar-refractivity contribution is 5.94. The quantitative estimate of drug-likeness (QED) is 0.867. The van der Waals surface area contributed by atoms with E-state index in [0.29, 0.717) is 38.4 Å². The van der Waals surface area contributed by atoms with Crippen LogP contribution in [0, 0.1) is 13.8 Å². The van der Waals surface area contributed by atoms with E-state index in [1.165, 1.54) is 0 Å². The molecule has 3 heterocycles. The van der Waals surface area contributed by atoms with Crippen LogP contribution in [0.25, 0.3) is 0 Å².